The van der Waals surface area contributed by atoms with Crippen molar-refractivity contribution in [3.8, 4) is 68.3 Å². The Morgan fingerprint density at radius 2 is 0.813 bits per heavy atom. The Hall–Kier alpha value is -10.9. The zero-order chi connectivity index (χ0) is 89.1. The molecule has 6 amide bonds. The SMILES string of the molecule is CCC(C)Cn1nc(C(=O)N[C@@H](CCC2CCCCC2)CC(=O)N(C)CC(=O)OC)cc1-c1c(OC)cccc1OC.CCC(CC)Cn1nc(C(=O)N[C@@H](CCC2CCCCC2)CC(=O)N(C)CC(=O)OC)cc1-c1c(OC)cccc1OC.COc1cccc(OC)c1-c1cc(C(=O)N[C@@H](CCc2ccccc2)C(=O)NC2CCC2)nn1CC(C)C. The van der Waals surface area contributed by atoms with Gasteiger partial charge < -0.3 is 69.0 Å². The molecule has 123 heavy (non-hydrogen) atoms. The van der Waals surface area contributed by atoms with Gasteiger partial charge in [-0.2, -0.15) is 15.3 Å². The fraction of sp³-hybridized carbons (Fsp3) is 0.568. The van der Waals surface area contributed by atoms with Gasteiger partial charge in [-0.3, -0.25) is 52.4 Å². The van der Waals surface area contributed by atoms with E-state index in [1.807, 2.05) is 99.0 Å². The van der Waals surface area contributed by atoms with E-state index in [2.05, 4.69) is 67.9 Å². The third kappa shape index (κ3) is 28.8. The topological polar surface area (TPSA) is 318 Å². The van der Waals surface area contributed by atoms with E-state index in [1.165, 1.54) is 88.2 Å². The first-order chi connectivity index (χ1) is 59.3. The highest BCUT2D eigenvalue weighted by atomic mass is 16.5. The number of aryl methyl sites for hydroxylation is 1. The number of hydrogen-bond acceptors (Lipinski definition) is 19. The maximum Gasteiger partial charge on any atom is 0.325 e. The van der Waals surface area contributed by atoms with Crippen LogP contribution in [0.1, 0.15) is 226 Å². The van der Waals surface area contributed by atoms with Gasteiger partial charge in [0.25, 0.3) is 17.7 Å². The van der Waals surface area contributed by atoms with Gasteiger partial charge in [-0.05, 0) is 148 Å². The molecule has 1 unspecified atom stereocenters. The van der Waals surface area contributed by atoms with Crippen LogP contribution in [0.25, 0.3) is 33.8 Å². The molecule has 0 spiro atoms. The van der Waals surface area contributed by atoms with Crippen molar-refractivity contribution in [3.63, 3.8) is 0 Å². The molecule has 0 aliphatic heterocycles. The van der Waals surface area contributed by atoms with Crippen LogP contribution in [0.4, 0.5) is 0 Å². The van der Waals surface area contributed by atoms with E-state index < -0.39 is 30.1 Å². The lowest BCUT2D eigenvalue weighted by Crippen LogP contribution is -2.51. The highest BCUT2D eigenvalue weighted by Gasteiger charge is 2.33. The molecule has 3 saturated carbocycles. The Morgan fingerprint density at radius 1 is 0.439 bits per heavy atom. The molecule has 3 aromatic heterocycles. The molecule has 0 bridgehead atoms. The lowest BCUT2D eigenvalue weighted by molar-refractivity contribution is -0.146. The number of esters is 2. The smallest absolute Gasteiger partial charge is 0.325 e. The average molecular weight is 1700 g/mol. The van der Waals surface area contributed by atoms with Crippen molar-refractivity contribution in [1.82, 2.24) is 60.4 Å². The summed E-state index contributed by atoms with van der Waals surface area (Å²) in [6.45, 7) is 14.3. The summed E-state index contributed by atoms with van der Waals surface area (Å²) >= 11 is 0. The molecule has 3 aliphatic rings. The highest BCUT2D eigenvalue weighted by molar-refractivity contribution is 5.98. The lowest BCUT2D eigenvalue weighted by atomic mass is 9.85. The van der Waals surface area contributed by atoms with E-state index in [4.69, 9.17) is 48.1 Å². The van der Waals surface area contributed by atoms with Crippen molar-refractivity contribution in [2.75, 3.05) is 84.1 Å². The maximum absolute atomic E-state index is 13.8. The van der Waals surface area contributed by atoms with Gasteiger partial charge in [-0.1, -0.05) is 174 Å². The van der Waals surface area contributed by atoms with Crippen molar-refractivity contribution in [1.29, 1.82) is 0 Å². The number of ether oxygens (including phenoxy) is 8. The average Bonchev–Trinajstić information content (AvgIpc) is 1.66. The highest BCUT2D eigenvalue weighted by Crippen LogP contribution is 2.43. The number of carbonyl (C=O) groups excluding carboxylic acids is 8. The second-order valence-corrected chi connectivity index (χ2v) is 33.2. The first-order valence-electron chi connectivity index (χ1n) is 44.1. The second kappa shape index (κ2) is 50.0. The number of nitrogens with one attached hydrogen (secondary N) is 4. The molecule has 0 radical (unpaired) electrons. The molecule has 28 nitrogen and oxygen atoms in total. The summed E-state index contributed by atoms with van der Waals surface area (Å²) in [5.74, 6) is 3.30. The number of likely N-dealkylation sites (N-methyl/N-ethyl adjacent to an activating group) is 2. The summed E-state index contributed by atoms with van der Waals surface area (Å²) in [5.41, 5.74) is 6.27. The molecule has 3 fully saturated rings. The minimum atomic E-state index is -0.664. The van der Waals surface area contributed by atoms with Gasteiger partial charge in [0, 0.05) is 64.7 Å². The molecular formula is C95H136N12O16. The third-order valence-corrected chi connectivity index (χ3v) is 23.9. The van der Waals surface area contributed by atoms with E-state index in [0.29, 0.717) is 103 Å². The Balaban J connectivity index is 0.000000229. The van der Waals surface area contributed by atoms with Crippen LogP contribution in [-0.4, -0.2) is 195 Å². The molecule has 7 aromatic rings. The normalized spacial score (nSPS) is 14.5. The monoisotopic (exact) mass is 1700 g/mol. The van der Waals surface area contributed by atoms with E-state index in [1.54, 1.807) is 75.0 Å². The van der Waals surface area contributed by atoms with Gasteiger partial charge >= 0.3 is 11.9 Å². The number of carbonyl (C=O) groups is 8. The fourth-order valence-electron chi connectivity index (χ4n) is 16.0. The van der Waals surface area contributed by atoms with Crippen molar-refractivity contribution in [2.24, 2.45) is 29.6 Å². The van der Waals surface area contributed by atoms with Gasteiger partial charge in [-0.15, -0.1) is 0 Å². The van der Waals surface area contributed by atoms with E-state index in [-0.39, 0.29) is 90.4 Å². The number of nitrogens with zero attached hydrogens (tertiary/aromatic N) is 8. The first-order valence-corrected chi connectivity index (χ1v) is 44.1. The van der Waals surface area contributed by atoms with E-state index in [0.717, 1.165) is 90.7 Å². The van der Waals surface area contributed by atoms with Crippen molar-refractivity contribution < 1.29 is 76.3 Å². The molecule has 3 heterocycles. The molecule has 28 heteroatoms. The van der Waals surface area contributed by atoms with Crippen molar-refractivity contribution in [2.45, 2.75) is 239 Å². The van der Waals surface area contributed by atoms with E-state index >= 15 is 0 Å². The first kappa shape index (κ1) is 97.5. The number of amides is 6. The Labute approximate surface area is 727 Å². The zero-order valence-electron chi connectivity index (χ0n) is 75.6. The third-order valence-electron chi connectivity index (χ3n) is 23.9. The van der Waals surface area contributed by atoms with E-state index in [9.17, 15) is 38.4 Å². The minimum absolute atomic E-state index is 0.0900. The number of aromatic nitrogens is 6. The summed E-state index contributed by atoms with van der Waals surface area (Å²) in [4.78, 5) is 106. The summed E-state index contributed by atoms with van der Waals surface area (Å²) in [5, 5.41) is 26.4. The summed E-state index contributed by atoms with van der Waals surface area (Å²) in [7, 11) is 15.4. The molecule has 0 saturated heterocycles. The molecule has 3 aliphatic carbocycles. The Kier molecular flexibility index (Phi) is 39.6. The quantitative estimate of drug-likeness (QED) is 0.0258. The summed E-state index contributed by atoms with van der Waals surface area (Å²) in [6, 6.07) is 30.7. The van der Waals surface area contributed by atoms with Crippen LogP contribution in [0.15, 0.2) is 103 Å². The van der Waals surface area contributed by atoms with Gasteiger partial charge in [-0.25, -0.2) is 0 Å². The largest absolute Gasteiger partial charge is 0.496 e. The summed E-state index contributed by atoms with van der Waals surface area (Å²) < 4.78 is 48.9. The number of hydrogen-bond donors (Lipinski definition) is 4. The van der Waals surface area contributed by atoms with Crippen LogP contribution in [0.5, 0.6) is 34.5 Å². The van der Waals surface area contributed by atoms with Crippen LogP contribution >= 0.6 is 0 Å². The molecule has 4 atom stereocenters. The van der Waals surface area contributed by atoms with Gasteiger partial charge in [0.05, 0.1) is 90.7 Å². The fourth-order valence-corrected chi connectivity index (χ4v) is 16.0. The molecule has 10 rings (SSSR count). The lowest BCUT2D eigenvalue weighted by Gasteiger charge is -2.29. The van der Waals surface area contributed by atoms with Crippen molar-refractivity contribution >= 4 is 47.4 Å². The van der Waals surface area contributed by atoms with Crippen molar-refractivity contribution in [3.05, 3.63) is 126 Å². The van der Waals surface area contributed by atoms with Gasteiger partial charge in [0.2, 0.25) is 17.7 Å². The van der Waals surface area contributed by atoms with Gasteiger partial charge in [0.15, 0.2) is 17.1 Å². The van der Waals surface area contributed by atoms with Crippen LogP contribution < -0.4 is 49.7 Å². The van der Waals surface area contributed by atoms with Gasteiger partial charge in [0.1, 0.15) is 53.6 Å². The minimum Gasteiger partial charge on any atom is -0.496 e. The Morgan fingerprint density at radius 3 is 1.15 bits per heavy atom. The standard InChI is InChI=1S/C33H50N4O6.C32H48N4O6.C30H38N4O4/c1-7-23(8-2)21-37-27(32-28(41-4)15-12-16-29(32)42-5)20-26(35-37)33(40)34-25(18-17-24-13-10-9-11-14-24)19-30(38)36(3)22-31(39)43-6;1-7-22(2)20-36-26(31-27(40-4)14-11-15-28(31)41-5)19-25(34-36)32(39)33-24(17-16-23-12-9-8-10-13-23)18-29(37)35(3)21-30(38)42-6;1-20(2)19-34-25(28-26(37-3)14-9-15-27(28)38-4)18-24(33-34)30(36)32-23(29(35)31-22-12-8-13-22)17-16-21-10-6-5-7-11-21/h12,15-16,20,23-25H,7-11,13-14,17-19,21-22H2,1-6H3,(H,34,40);11,14-15,19,22-24H,7-10,12-13,16-18,20-21H2,1-6H3,(H,33,39);5-7,9-11,14-15,18,20,22-23H,8,12-13,16-17,19H2,1-4H3,(H,31,35)(H,32,36)/t25-;22?,24-;23-/m000/s1. The molecule has 672 valence electrons. The van der Waals surface area contributed by atoms with Crippen LogP contribution in [-0.2, 0) is 59.5 Å². The predicted octanol–water partition coefficient (Wildman–Crippen LogP) is 15.2. The molecule has 4 N–H and O–H groups in total. The second-order valence-electron chi connectivity index (χ2n) is 33.2. The number of benzene rings is 4. The number of rotatable bonds is 43. The van der Waals surface area contributed by atoms with Crippen LogP contribution in [0.2, 0.25) is 0 Å². The summed E-state index contributed by atoms with van der Waals surface area (Å²) in [6.07, 6.45) is 22.7. The number of methoxy groups -OCH3 is 8. The molecular weight excluding hydrogens is 1570 g/mol. The predicted molar refractivity (Wildman–Crippen MR) is 475 cm³/mol. The maximum atomic E-state index is 13.8. The zero-order valence-corrected chi connectivity index (χ0v) is 75.6. The molecule has 4 aromatic carbocycles. The van der Waals surface area contributed by atoms with Crippen LogP contribution in [0, 0.1) is 29.6 Å². The Bertz CT molecular complexity index is 4450. The van der Waals surface area contributed by atoms with Crippen LogP contribution in [0.3, 0.4) is 0 Å².